The second kappa shape index (κ2) is 11.3. The monoisotopic (exact) mass is 522 g/mol. The number of aromatic nitrogens is 3. The molecule has 1 fully saturated rings. The molecule has 5 rings (SSSR count). The van der Waals surface area contributed by atoms with Crippen LogP contribution in [0.2, 0.25) is 0 Å². The van der Waals surface area contributed by atoms with Crippen molar-refractivity contribution in [3.8, 4) is 11.5 Å². The second-order valence-corrected chi connectivity index (χ2v) is 9.40. The normalized spacial score (nSPS) is 15.0. The molecule has 0 bridgehead atoms. The molecule has 0 spiro atoms. The molecule has 3 heterocycles. The van der Waals surface area contributed by atoms with E-state index in [1.54, 1.807) is 13.1 Å². The molecule has 2 aromatic heterocycles. The highest BCUT2D eigenvalue weighted by atomic mass is 16.5. The van der Waals surface area contributed by atoms with Crippen molar-refractivity contribution in [3.05, 3.63) is 78.8 Å². The number of rotatable bonds is 8. The molecule has 1 aliphatic rings. The minimum absolute atomic E-state index is 0.0456. The van der Waals surface area contributed by atoms with Crippen molar-refractivity contribution in [3.63, 3.8) is 0 Å². The van der Waals surface area contributed by atoms with E-state index < -0.39 is 0 Å². The predicted molar refractivity (Wildman–Crippen MR) is 151 cm³/mol. The first-order valence-electron chi connectivity index (χ1n) is 12.8. The molecule has 0 aliphatic carbocycles. The Morgan fingerprint density at radius 2 is 2.08 bits per heavy atom. The lowest BCUT2D eigenvalue weighted by molar-refractivity contribution is -0.127. The van der Waals surface area contributed by atoms with Gasteiger partial charge in [-0.05, 0) is 73.9 Å². The minimum Gasteiger partial charge on any atom is -0.457 e. The average molecular weight is 523 g/mol. The van der Waals surface area contributed by atoms with Crippen molar-refractivity contribution in [1.82, 2.24) is 19.9 Å². The van der Waals surface area contributed by atoms with Crippen LogP contribution in [0.5, 0.6) is 11.5 Å². The van der Waals surface area contributed by atoms with Gasteiger partial charge >= 0.3 is 0 Å². The van der Waals surface area contributed by atoms with Crippen LogP contribution in [-0.4, -0.2) is 45.9 Å². The first-order chi connectivity index (χ1) is 19.0. The Labute approximate surface area is 226 Å². The number of nitrogens with one attached hydrogen (secondary N) is 3. The van der Waals surface area contributed by atoms with E-state index in [2.05, 4.69) is 32.3 Å². The van der Waals surface area contributed by atoms with Crippen LogP contribution >= 0.6 is 0 Å². The zero-order valence-corrected chi connectivity index (χ0v) is 21.9. The third-order valence-electron chi connectivity index (χ3n) is 6.85. The summed E-state index contributed by atoms with van der Waals surface area (Å²) in [4.78, 5) is 27.8. The molecule has 1 saturated heterocycles. The summed E-state index contributed by atoms with van der Waals surface area (Å²) in [6.07, 6.45) is 4.78. The van der Waals surface area contributed by atoms with Gasteiger partial charge in [-0.3, -0.25) is 4.79 Å². The van der Waals surface area contributed by atoms with Gasteiger partial charge in [0.05, 0.1) is 11.2 Å². The largest absolute Gasteiger partial charge is 0.457 e. The third kappa shape index (κ3) is 5.54. The molecule has 0 saturated carbocycles. The van der Waals surface area contributed by atoms with Gasteiger partial charge in [-0.15, -0.1) is 0 Å². The number of benzene rings is 2. The van der Waals surface area contributed by atoms with Crippen LogP contribution in [0.15, 0.2) is 72.6 Å². The van der Waals surface area contributed by atoms with Gasteiger partial charge in [0, 0.05) is 43.5 Å². The van der Waals surface area contributed by atoms with E-state index in [0.717, 1.165) is 47.5 Å². The number of carbonyl (C=O) groups excluding carboxylic acids is 1. The van der Waals surface area contributed by atoms with Crippen molar-refractivity contribution < 1.29 is 9.53 Å². The van der Waals surface area contributed by atoms with Crippen molar-refractivity contribution in [1.29, 1.82) is 5.53 Å². The molecule has 4 aromatic rings. The maximum absolute atomic E-state index is 12.2. The second-order valence-electron chi connectivity index (χ2n) is 9.40. The summed E-state index contributed by atoms with van der Waals surface area (Å²) in [7, 11) is 1.79. The highest BCUT2D eigenvalue weighted by Crippen LogP contribution is 2.34. The summed E-state index contributed by atoms with van der Waals surface area (Å²) in [6.45, 7) is 6.95. The molecule has 1 atom stereocenters. The fraction of sp³-hybridized carbons (Fsp3) is 0.241. The Bertz CT molecular complexity index is 1550. The number of ether oxygens (including phenoxy) is 1. The van der Waals surface area contributed by atoms with Crippen molar-refractivity contribution in [2.75, 3.05) is 30.8 Å². The molecular formula is C29H30N8O2. The maximum Gasteiger partial charge on any atom is 0.245 e. The van der Waals surface area contributed by atoms with Gasteiger partial charge in [0.1, 0.15) is 29.0 Å². The molecule has 1 amide bonds. The van der Waals surface area contributed by atoms with Crippen LogP contribution < -0.4 is 15.4 Å². The van der Waals surface area contributed by atoms with Crippen LogP contribution in [0.25, 0.3) is 11.0 Å². The van der Waals surface area contributed by atoms with Gasteiger partial charge in [-0.1, -0.05) is 6.58 Å². The molecule has 10 heteroatoms. The molecule has 39 heavy (non-hydrogen) atoms. The van der Waals surface area contributed by atoms with Gasteiger partial charge in [0.2, 0.25) is 5.91 Å². The number of hydrogen-bond acceptors (Lipinski definition) is 9. The van der Waals surface area contributed by atoms with E-state index in [1.165, 1.54) is 12.4 Å². The van der Waals surface area contributed by atoms with Crippen molar-refractivity contribution in [2.24, 2.45) is 5.11 Å². The molecule has 1 unspecified atom stereocenters. The van der Waals surface area contributed by atoms with Crippen LogP contribution in [0, 0.1) is 12.5 Å². The van der Waals surface area contributed by atoms with Crippen LogP contribution in [0.3, 0.4) is 0 Å². The van der Waals surface area contributed by atoms with Crippen LogP contribution in [0.1, 0.15) is 30.0 Å². The highest BCUT2D eigenvalue weighted by molar-refractivity contribution is 5.88. The summed E-state index contributed by atoms with van der Waals surface area (Å²) < 4.78 is 6.07. The number of likely N-dealkylation sites (tertiary alicyclic amines) is 1. The number of aryl methyl sites for hydroxylation is 1. The number of anilines is 3. The fourth-order valence-corrected chi connectivity index (χ4v) is 4.81. The smallest absolute Gasteiger partial charge is 0.245 e. The lowest BCUT2D eigenvalue weighted by atomic mass is 9.94. The number of carbonyl (C=O) groups is 1. The van der Waals surface area contributed by atoms with Crippen LogP contribution in [-0.2, 0) is 4.79 Å². The Hall–Kier alpha value is -4.86. The van der Waals surface area contributed by atoms with Gasteiger partial charge in [0.15, 0.2) is 5.82 Å². The highest BCUT2D eigenvalue weighted by Gasteiger charge is 2.25. The summed E-state index contributed by atoms with van der Waals surface area (Å²) in [6, 6.07) is 15.1. The Morgan fingerprint density at radius 1 is 1.21 bits per heavy atom. The van der Waals surface area contributed by atoms with E-state index in [-0.39, 0.29) is 11.8 Å². The topological polar surface area (TPSA) is 128 Å². The SMILES string of the molecule is C=CC(=O)N1CCCC(c2ccc3ncnc(Nc4ccc(Oc5ccc(NC)c(N=N)c5)c(C)c4)c3n2)C1. The van der Waals surface area contributed by atoms with Gasteiger partial charge in [-0.2, -0.15) is 5.11 Å². The third-order valence-corrected chi connectivity index (χ3v) is 6.85. The van der Waals surface area contributed by atoms with E-state index in [1.807, 2.05) is 54.3 Å². The van der Waals surface area contributed by atoms with E-state index in [4.69, 9.17) is 15.3 Å². The zero-order chi connectivity index (χ0) is 27.4. The van der Waals surface area contributed by atoms with Crippen LogP contribution in [0.4, 0.5) is 22.9 Å². The first-order valence-corrected chi connectivity index (χ1v) is 12.8. The number of fused-ring (bicyclic) bond motifs is 1. The standard InChI is InChI=1S/C29H30N8O2/c1-4-27(38)37-13-5-6-19(16-37)22-10-11-24-28(35-22)29(33-17-32-24)34-20-7-12-26(18(2)14-20)39-21-8-9-23(31-3)25(15-21)36-30/h4,7-12,14-15,17,19,30-31H,1,5-6,13,16H2,2-3H3,(H,32,33,34). The maximum atomic E-state index is 12.2. The van der Waals surface area contributed by atoms with E-state index in [9.17, 15) is 4.79 Å². The van der Waals surface area contributed by atoms with E-state index in [0.29, 0.717) is 35.1 Å². The average Bonchev–Trinajstić information content (AvgIpc) is 2.98. The number of pyridine rings is 1. The Morgan fingerprint density at radius 3 is 2.85 bits per heavy atom. The predicted octanol–water partition coefficient (Wildman–Crippen LogP) is 6.47. The fourth-order valence-electron chi connectivity index (χ4n) is 4.81. The van der Waals surface area contributed by atoms with Gasteiger partial charge in [-0.25, -0.2) is 20.5 Å². The number of hydrogen-bond donors (Lipinski definition) is 3. The molecular weight excluding hydrogens is 492 g/mol. The van der Waals surface area contributed by atoms with Gasteiger partial charge < -0.3 is 20.3 Å². The van der Waals surface area contributed by atoms with E-state index >= 15 is 0 Å². The molecule has 2 aromatic carbocycles. The molecule has 198 valence electrons. The summed E-state index contributed by atoms with van der Waals surface area (Å²) in [5.41, 5.74) is 12.7. The first kappa shape index (κ1) is 25.8. The molecule has 0 radical (unpaired) electrons. The summed E-state index contributed by atoms with van der Waals surface area (Å²) in [5.74, 6) is 1.99. The lowest BCUT2D eigenvalue weighted by Gasteiger charge is -2.31. The zero-order valence-electron chi connectivity index (χ0n) is 21.9. The quantitative estimate of drug-likeness (QED) is 0.179. The Balaban J connectivity index is 1.37. The number of nitrogens with zero attached hydrogens (tertiary/aromatic N) is 5. The molecule has 10 nitrogen and oxygen atoms in total. The summed E-state index contributed by atoms with van der Waals surface area (Å²) in [5, 5.41) is 9.96. The number of piperidine rings is 1. The van der Waals surface area contributed by atoms with Crippen molar-refractivity contribution >= 4 is 39.8 Å². The minimum atomic E-state index is -0.0456. The molecule has 1 aliphatic heterocycles. The number of amides is 1. The Kier molecular flexibility index (Phi) is 7.44. The van der Waals surface area contributed by atoms with Gasteiger partial charge in [0.25, 0.3) is 0 Å². The molecule has 3 N–H and O–H groups in total. The van der Waals surface area contributed by atoms with Crippen molar-refractivity contribution in [2.45, 2.75) is 25.7 Å². The lowest BCUT2D eigenvalue weighted by Crippen LogP contribution is -2.38. The summed E-state index contributed by atoms with van der Waals surface area (Å²) >= 11 is 0.